The van der Waals surface area contributed by atoms with Crippen molar-refractivity contribution in [3.63, 3.8) is 0 Å². The lowest BCUT2D eigenvalue weighted by Crippen LogP contribution is -2.47. The van der Waals surface area contributed by atoms with E-state index in [4.69, 9.17) is 30.8 Å². The van der Waals surface area contributed by atoms with E-state index in [2.05, 4.69) is 42.1 Å². The van der Waals surface area contributed by atoms with Crippen LogP contribution in [0.5, 0.6) is 11.5 Å². The summed E-state index contributed by atoms with van der Waals surface area (Å²) < 4.78 is 18.3. The second-order valence-electron chi connectivity index (χ2n) is 10.2. The monoisotopic (exact) mass is 592 g/mol. The molecule has 1 amide bonds. The van der Waals surface area contributed by atoms with Gasteiger partial charge in [0.05, 0.1) is 31.5 Å². The molecule has 1 unspecified atom stereocenters. The summed E-state index contributed by atoms with van der Waals surface area (Å²) in [7, 11) is 4.76. The molecule has 2 aliphatic heterocycles. The van der Waals surface area contributed by atoms with Gasteiger partial charge >= 0.3 is 6.09 Å². The van der Waals surface area contributed by atoms with E-state index in [0.717, 1.165) is 73.4 Å². The van der Waals surface area contributed by atoms with Crippen LogP contribution in [-0.2, 0) is 4.74 Å². The number of carbonyl (C=O) groups excluding carboxylic acids is 1. The van der Waals surface area contributed by atoms with E-state index in [1.807, 2.05) is 28.9 Å². The predicted molar refractivity (Wildman–Crippen MR) is 161 cm³/mol. The number of alkyl carbamates (subject to hydrolysis) is 1. The van der Waals surface area contributed by atoms with Gasteiger partial charge in [-0.05, 0) is 12.1 Å². The molecule has 1 N–H and O–H groups in total. The molecule has 0 aliphatic carbocycles. The number of amides is 1. The maximum atomic E-state index is 11.6. The molecule has 1 aromatic carbocycles. The fraction of sp³-hybridized carbons (Fsp3) is 0.379. The van der Waals surface area contributed by atoms with Gasteiger partial charge in [-0.25, -0.2) is 19.7 Å². The van der Waals surface area contributed by atoms with Crippen molar-refractivity contribution in [2.45, 2.75) is 12.5 Å². The molecule has 3 aromatic heterocycles. The van der Waals surface area contributed by atoms with Crippen molar-refractivity contribution in [2.24, 2.45) is 0 Å². The number of anilines is 3. The Kier molecular flexibility index (Phi) is 7.79. The van der Waals surface area contributed by atoms with Gasteiger partial charge < -0.3 is 38.6 Å². The van der Waals surface area contributed by atoms with E-state index in [1.165, 1.54) is 0 Å². The Morgan fingerprint density at radius 1 is 0.952 bits per heavy atom. The highest BCUT2D eigenvalue weighted by molar-refractivity contribution is 6.32. The van der Waals surface area contributed by atoms with Gasteiger partial charge in [-0.15, -0.1) is 0 Å². The maximum absolute atomic E-state index is 11.6. The van der Waals surface area contributed by atoms with Gasteiger partial charge in [0.2, 0.25) is 0 Å². The van der Waals surface area contributed by atoms with Crippen LogP contribution in [0.1, 0.15) is 6.42 Å². The fourth-order valence-electron chi connectivity index (χ4n) is 5.48. The lowest BCUT2D eigenvalue weighted by molar-refractivity contribution is 0.110. The number of hydrogen-bond donors (Lipinski definition) is 1. The first-order valence-corrected chi connectivity index (χ1v) is 14.2. The normalized spacial score (nSPS) is 17.0. The summed E-state index contributed by atoms with van der Waals surface area (Å²) in [6.07, 6.45) is 5.83. The predicted octanol–water partition coefficient (Wildman–Crippen LogP) is 3.72. The zero-order chi connectivity index (χ0) is 29.2. The number of ether oxygens (including phenoxy) is 3. The Balaban J connectivity index is 1.12. The van der Waals surface area contributed by atoms with Crippen LogP contribution in [0.25, 0.3) is 16.9 Å². The molecule has 13 heteroatoms. The number of halogens is 1. The first-order valence-electron chi connectivity index (χ1n) is 13.8. The smallest absolute Gasteiger partial charge is 0.407 e. The number of hydrogen-bond acceptors (Lipinski definition) is 10. The van der Waals surface area contributed by atoms with Crippen molar-refractivity contribution in [1.82, 2.24) is 24.7 Å². The van der Waals surface area contributed by atoms with Crippen LogP contribution >= 0.6 is 11.6 Å². The molecule has 2 saturated heterocycles. The van der Waals surface area contributed by atoms with Crippen molar-refractivity contribution in [2.75, 3.05) is 75.2 Å². The Labute approximate surface area is 248 Å². The summed E-state index contributed by atoms with van der Waals surface area (Å²) in [4.78, 5) is 32.3. The SMILES string of the molecule is CNC(=O)OC1CCN(c2cc(N3CCN(c4ccn5cc(-c6cc(Cl)c(OC)cc6OC)nc5c4)CC3)ncn2)C1. The van der Waals surface area contributed by atoms with E-state index >= 15 is 0 Å². The Morgan fingerprint density at radius 3 is 2.43 bits per heavy atom. The summed E-state index contributed by atoms with van der Waals surface area (Å²) in [6, 6.07) is 9.83. The van der Waals surface area contributed by atoms with E-state index in [-0.39, 0.29) is 6.10 Å². The topological polar surface area (TPSA) is 110 Å². The number of piperazine rings is 1. The quantitative estimate of drug-likeness (QED) is 0.341. The lowest BCUT2D eigenvalue weighted by Gasteiger charge is -2.36. The minimum Gasteiger partial charge on any atom is -0.496 e. The van der Waals surface area contributed by atoms with E-state index in [0.29, 0.717) is 23.1 Å². The van der Waals surface area contributed by atoms with Crippen LogP contribution < -0.4 is 29.5 Å². The van der Waals surface area contributed by atoms with Crippen molar-refractivity contribution in [3.8, 4) is 22.8 Å². The van der Waals surface area contributed by atoms with Crippen molar-refractivity contribution < 1.29 is 19.0 Å². The minimum atomic E-state index is -0.405. The molecule has 6 rings (SSSR count). The van der Waals surface area contributed by atoms with Gasteiger partial charge in [0, 0.05) is 88.0 Å². The average Bonchev–Trinajstić information content (AvgIpc) is 3.68. The van der Waals surface area contributed by atoms with Crippen LogP contribution in [0, 0.1) is 0 Å². The summed E-state index contributed by atoms with van der Waals surface area (Å²) in [6.45, 7) is 4.74. The molecule has 220 valence electrons. The highest BCUT2D eigenvalue weighted by Gasteiger charge is 2.27. The molecular formula is C29H33ClN8O4. The molecule has 2 aliphatic rings. The summed E-state index contributed by atoms with van der Waals surface area (Å²) in [5, 5.41) is 3.01. The van der Waals surface area contributed by atoms with E-state index < -0.39 is 6.09 Å². The minimum absolute atomic E-state index is 0.147. The molecule has 1 atom stereocenters. The van der Waals surface area contributed by atoms with Crippen molar-refractivity contribution >= 4 is 40.7 Å². The average molecular weight is 593 g/mol. The molecule has 42 heavy (non-hydrogen) atoms. The lowest BCUT2D eigenvalue weighted by atomic mass is 10.1. The summed E-state index contributed by atoms with van der Waals surface area (Å²) in [5.74, 6) is 2.94. The zero-order valence-electron chi connectivity index (χ0n) is 23.8. The molecule has 5 heterocycles. The third-order valence-electron chi connectivity index (χ3n) is 7.75. The zero-order valence-corrected chi connectivity index (χ0v) is 24.5. The third-order valence-corrected chi connectivity index (χ3v) is 8.04. The van der Waals surface area contributed by atoms with Crippen molar-refractivity contribution in [3.05, 3.63) is 54.1 Å². The highest BCUT2D eigenvalue weighted by atomic mass is 35.5. The van der Waals surface area contributed by atoms with Gasteiger partial charge in [0.25, 0.3) is 0 Å². The first-order chi connectivity index (χ1) is 20.4. The Hall–Kier alpha value is -4.45. The molecule has 12 nitrogen and oxygen atoms in total. The largest absolute Gasteiger partial charge is 0.496 e. The van der Waals surface area contributed by atoms with Crippen molar-refractivity contribution in [1.29, 1.82) is 0 Å². The van der Waals surface area contributed by atoms with Gasteiger partial charge in [-0.1, -0.05) is 11.6 Å². The number of nitrogens with one attached hydrogen (secondary N) is 1. The molecule has 0 spiro atoms. The summed E-state index contributed by atoms with van der Waals surface area (Å²) >= 11 is 6.40. The molecule has 0 bridgehead atoms. The fourth-order valence-corrected chi connectivity index (χ4v) is 5.72. The highest BCUT2D eigenvalue weighted by Crippen LogP contribution is 2.38. The number of rotatable bonds is 7. The van der Waals surface area contributed by atoms with Gasteiger partial charge in [0.15, 0.2) is 0 Å². The Bertz CT molecular complexity index is 1590. The van der Waals surface area contributed by atoms with Gasteiger partial charge in [-0.2, -0.15) is 0 Å². The summed E-state index contributed by atoms with van der Waals surface area (Å²) in [5.41, 5.74) is 3.52. The molecule has 2 fully saturated rings. The van der Waals surface area contributed by atoms with Crippen LogP contribution in [0.3, 0.4) is 0 Å². The van der Waals surface area contributed by atoms with E-state index in [9.17, 15) is 4.79 Å². The molecule has 4 aromatic rings. The van der Waals surface area contributed by atoms with Gasteiger partial charge in [-0.3, -0.25) is 0 Å². The second kappa shape index (κ2) is 11.8. The van der Waals surface area contributed by atoms with Gasteiger partial charge in [0.1, 0.15) is 41.2 Å². The van der Waals surface area contributed by atoms with Crippen LogP contribution in [-0.4, -0.2) is 92.1 Å². The number of aromatic nitrogens is 4. The number of carbonyl (C=O) groups is 1. The molecule has 0 radical (unpaired) electrons. The standard InChI is InChI=1S/C29H33ClN8O4/c1-31-29(39)42-20-5-7-37(16-20)27-15-26(32-18-33-27)36-10-8-35(9-11-36)19-4-6-38-17-23(34-28(38)12-19)21-13-22(30)25(41-3)14-24(21)40-2/h4,6,12-15,17-18,20H,5,7-11,16H2,1-3H3,(H,31,39). The number of fused-ring (bicyclic) bond motifs is 1. The maximum Gasteiger partial charge on any atom is 0.407 e. The molecule has 0 saturated carbocycles. The first kappa shape index (κ1) is 27.7. The van der Waals surface area contributed by atoms with Crippen LogP contribution in [0.4, 0.5) is 22.1 Å². The van der Waals surface area contributed by atoms with Crippen LogP contribution in [0.15, 0.2) is 49.1 Å². The second-order valence-corrected chi connectivity index (χ2v) is 10.6. The number of methoxy groups -OCH3 is 2. The third kappa shape index (κ3) is 5.54. The van der Waals surface area contributed by atoms with Crippen LogP contribution in [0.2, 0.25) is 5.02 Å². The van der Waals surface area contributed by atoms with E-state index in [1.54, 1.807) is 33.7 Å². The number of imidazole rings is 1. The number of nitrogens with zero attached hydrogens (tertiary/aromatic N) is 7. The number of pyridine rings is 1. The molecular weight excluding hydrogens is 560 g/mol. The Morgan fingerprint density at radius 2 is 1.69 bits per heavy atom. The number of benzene rings is 1.